The second-order valence-electron chi connectivity index (χ2n) is 8.02. The molecule has 144 valence electrons. The molecule has 1 fully saturated rings. The summed E-state index contributed by atoms with van der Waals surface area (Å²) in [6.45, 7) is 9.28. The quantitative estimate of drug-likeness (QED) is 0.733. The van der Waals surface area contributed by atoms with E-state index in [0.29, 0.717) is 28.8 Å². The Kier molecular flexibility index (Phi) is 5.89. The Morgan fingerprint density at radius 3 is 2.56 bits per heavy atom. The Morgan fingerprint density at radius 2 is 1.89 bits per heavy atom. The second-order valence-corrected chi connectivity index (χ2v) is 8.46. The van der Waals surface area contributed by atoms with Crippen LogP contribution in [0.2, 0.25) is 5.02 Å². The lowest BCUT2D eigenvalue weighted by molar-refractivity contribution is -0.274. The lowest BCUT2D eigenvalue weighted by atomic mass is 9.80. The summed E-state index contributed by atoms with van der Waals surface area (Å²) in [5.74, 6) is 0.203. The summed E-state index contributed by atoms with van der Waals surface area (Å²) < 4.78 is 12.2. The fourth-order valence-electron chi connectivity index (χ4n) is 3.53. The number of benzene rings is 2. The number of nitrogens with one attached hydrogen (secondary N) is 1. The first kappa shape index (κ1) is 19.9. The second kappa shape index (κ2) is 8.01. The molecule has 1 aliphatic rings. The number of ether oxygens (including phenoxy) is 2. The largest absolute Gasteiger partial charge is 0.348 e. The first-order valence-corrected chi connectivity index (χ1v) is 9.58. The van der Waals surface area contributed by atoms with E-state index < -0.39 is 6.29 Å². The molecule has 0 aromatic heterocycles. The first-order valence-electron chi connectivity index (χ1n) is 9.20. The van der Waals surface area contributed by atoms with Crippen molar-refractivity contribution in [3.63, 3.8) is 0 Å². The maximum absolute atomic E-state index is 12.4. The highest BCUT2D eigenvalue weighted by Gasteiger charge is 2.40. The molecule has 1 aliphatic heterocycles. The highest BCUT2D eigenvalue weighted by molar-refractivity contribution is 6.30. The third kappa shape index (κ3) is 4.70. The van der Waals surface area contributed by atoms with E-state index in [1.54, 1.807) is 24.3 Å². The monoisotopic (exact) mass is 387 g/mol. The van der Waals surface area contributed by atoms with Crippen LogP contribution in [0.15, 0.2) is 48.5 Å². The van der Waals surface area contributed by atoms with E-state index in [2.05, 4.69) is 33.0 Å². The maximum Gasteiger partial charge on any atom is 0.255 e. The van der Waals surface area contributed by atoms with Crippen LogP contribution in [0.1, 0.15) is 49.9 Å². The van der Waals surface area contributed by atoms with Gasteiger partial charge in [-0.1, -0.05) is 51.4 Å². The topological polar surface area (TPSA) is 47.6 Å². The van der Waals surface area contributed by atoms with Gasteiger partial charge in [0.15, 0.2) is 6.29 Å². The van der Waals surface area contributed by atoms with Gasteiger partial charge in [-0.3, -0.25) is 4.79 Å². The van der Waals surface area contributed by atoms with Gasteiger partial charge in [-0.2, -0.15) is 0 Å². The average molecular weight is 388 g/mol. The van der Waals surface area contributed by atoms with E-state index in [1.165, 1.54) is 0 Å². The molecule has 0 unspecified atom stereocenters. The van der Waals surface area contributed by atoms with Crippen LogP contribution in [0.5, 0.6) is 0 Å². The molecule has 2 aromatic rings. The van der Waals surface area contributed by atoms with Gasteiger partial charge in [0, 0.05) is 27.3 Å². The van der Waals surface area contributed by atoms with Crippen LogP contribution in [0.3, 0.4) is 0 Å². The van der Waals surface area contributed by atoms with E-state index >= 15 is 0 Å². The molecule has 5 heteroatoms. The van der Waals surface area contributed by atoms with Crippen molar-refractivity contribution in [1.82, 2.24) is 0 Å². The smallest absolute Gasteiger partial charge is 0.255 e. The number of rotatable bonds is 4. The van der Waals surface area contributed by atoms with Gasteiger partial charge in [0.2, 0.25) is 0 Å². The molecule has 1 amide bonds. The van der Waals surface area contributed by atoms with Gasteiger partial charge in [-0.25, -0.2) is 0 Å². The Balaban J connectivity index is 1.74. The van der Waals surface area contributed by atoms with E-state index in [-0.39, 0.29) is 17.4 Å². The molecule has 1 heterocycles. The van der Waals surface area contributed by atoms with Gasteiger partial charge in [0.1, 0.15) is 0 Å². The van der Waals surface area contributed by atoms with E-state index in [0.717, 1.165) is 5.56 Å². The molecule has 3 rings (SSSR count). The predicted molar refractivity (Wildman–Crippen MR) is 108 cm³/mol. The first-order chi connectivity index (χ1) is 12.8. The summed E-state index contributed by atoms with van der Waals surface area (Å²) >= 11 is 5.88. The van der Waals surface area contributed by atoms with Gasteiger partial charge in [-0.15, -0.1) is 0 Å². The Hall–Kier alpha value is -1.88. The highest BCUT2D eigenvalue weighted by atomic mass is 35.5. The molecule has 2 atom stereocenters. The summed E-state index contributed by atoms with van der Waals surface area (Å²) in [6.07, 6.45) is -0.332. The number of amides is 1. The summed E-state index contributed by atoms with van der Waals surface area (Å²) in [5, 5.41) is 3.51. The standard InChI is InChI=1S/C22H26ClNO3/c1-14(2)19-22(3,4)13-26-21(27-19)16-6-5-7-18(12-16)24-20(25)15-8-10-17(23)11-9-15/h5-12,14,19,21H,13H2,1-4H3,(H,24,25)/t19-,21+/m0/s1. The lowest BCUT2D eigenvalue weighted by Crippen LogP contribution is -2.45. The molecule has 4 nitrogen and oxygen atoms in total. The molecular weight excluding hydrogens is 362 g/mol. The van der Waals surface area contributed by atoms with Crippen molar-refractivity contribution in [2.24, 2.45) is 11.3 Å². The highest BCUT2D eigenvalue weighted by Crippen LogP contribution is 2.39. The van der Waals surface area contributed by atoms with Gasteiger partial charge in [-0.05, 0) is 42.3 Å². The summed E-state index contributed by atoms with van der Waals surface area (Å²) in [5.41, 5.74) is 2.11. The average Bonchev–Trinajstić information content (AvgIpc) is 2.62. The Labute approximate surface area is 165 Å². The Bertz CT molecular complexity index is 801. The summed E-state index contributed by atoms with van der Waals surface area (Å²) in [6, 6.07) is 14.4. The molecule has 2 aromatic carbocycles. The van der Waals surface area contributed by atoms with Gasteiger partial charge in [0.05, 0.1) is 12.7 Å². The number of halogens is 1. The number of hydrogen-bond donors (Lipinski definition) is 1. The van der Waals surface area contributed by atoms with Crippen molar-refractivity contribution in [1.29, 1.82) is 0 Å². The molecule has 27 heavy (non-hydrogen) atoms. The van der Waals surface area contributed by atoms with Crippen molar-refractivity contribution in [3.05, 3.63) is 64.7 Å². The fourth-order valence-corrected chi connectivity index (χ4v) is 3.66. The van der Waals surface area contributed by atoms with Crippen LogP contribution < -0.4 is 5.32 Å². The zero-order chi connectivity index (χ0) is 19.6. The van der Waals surface area contributed by atoms with Crippen LogP contribution in [-0.4, -0.2) is 18.6 Å². The SMILES string of the molecule is CC(C)[C@@H]1O[C@H](c2cccc(NC(=O)c3ccc(Cl)cc3)c2)OCC1(C)C. The van der Waals surface area contributed by atoms with Crippen LogP contribution in [0.25, 0.3) is 0 Å². The normalized spacial score (nSPS) is 21.9. The number of carbonyl (C=O) groups excluding carboxylic acids is 1. The predicted octanol–water partition coefficient (Wildman–Crippen LogP) is 5.69. The minimum Gasteiger partial charge on any atom is -0.348 e. The van der Waals surface area contributed by atoms with Crippen molar-refractivity contribution < 1.29 is 14.3 Å². The van der Waals surface area contributed by atoms with E-state index in [1.807, 2.05) is 24.3 Å². The van der Waals surface area contributed by atoms with E-state index in [9.17, 15) is 4.79 Å². The van der Waals surface area contributed by atoms with Crippen molar-refractivity contribution in [3.8, 4) is 0 Å². The van der Waals surface area contributed by atoms with Crippen LogP contribution in [0, 0.1) is 11.3 Å². The van der Waals surface area contributed by atoms with Crippen molar-refractivity contribution in [2.45, 2.75) is 40.1 Å². The number of carbonyl (C=O) groups is 1. The zero-order valence-corrected chi connectivity index (χ0v) is 16.9. The van der Waals surface area contributed by atoms with Gasteiger partial charge < -0.3 is 14.8 Å². The zero-order valence-electron chi connectivity index (χ0n) is 16.2. The number of hydrogen-bond acceptors (Lipinski definition) is 3. The molecule has 0 saturated carbocycles. The summed E-state index contributed by atoms with van der Waals surface area (Å²) in [4.78, 5) is 12.4. The molecule has 0 bridgehead atoms. The van der Waals surface area contributed by atoms with Crippen LogP contribution >= 0.6 is 11.6 Å². The minimum absolute atomic E-state index is 0.0366. The third-order valence-corrected chi connectivity index (χ3v) is 5.03. The lowest BCUT2D eigenvalue weighted by Gasteiger charge is -2.44. The van der Waals surface area contributed by atoms with Crippen molar-refractivity contribution in [2.75, 3.05) is 11.9 Å². The fraction of sp³-hybridized carbons (Fsp3) is 0.409. The Morgan fingerprint density at radius 1 is 1.19 bits per heavy atom. The third-order valence-electron chi connectivity index (χ3n) is 4.78. The molecule has 1 N–H and O–H groups in total. The van der Waals surface area contributed by atoms with E-state index in [4.69, 9.17) is 21.1 Å². The van der Waals surface area contributed by atoms with Gasteiger partial charge in [0.25, 0.3) is 5.91 Å². The summed E-state index contributed by atoms with van der Waals surface area (Å²) in [7, 11) is 0. The minimum atomic E-state index is -0.433. The molecule has 0 spiro atoms. The molecule has 0 radical (unpaired) electrons. The number of anilines is 1. The maximum atomic E-state index is 12.4. The molecule has 0 aliphatic carbocycles. The van der Waals surface area contributed by atoms with Crippen molar-refractivity contribution >= 4 is 23.2 Å². The van der Waals surface area contributed by atoms with Gasteiger partial charge >= 0.3 is 0 Å². The van der Waals surface area contributed by atoms with Crippen LogP contribution in [0.4, 0.5) is 5.69 Å². The molecule has 1 saturated heterocycles. The van der Waals surface area contributed by atoms with Crippen LogP contribution in [-0.2, 0) is 9.47 Å². The molecular formula is C22H26ClNO3.